The van der Waals surface area contributed by atoms with Crippen LogP contribution in [0, 0.1) is 0 Å². The Morgan fingerprint density at radius 2 is 1.77 bits per heavy atom. The number of carbonyl (C=O) groups excluding carboxylic acids is 2. The van der Waals surface area contributed by atoms with Gasteiger partial charge in [-0.1, -0.05) is 30.0 Å². The molecule has 0 aliphatic rings. The molecule has 3 rings (SSSR count). The Balaban J connectivity index is 1.67. The van der Waals surface area contributed by atoms with E-state index in [2.05, 4.69) is 20.8 Å². The number of Topliss-reactive ketones (excluding diaryl/α,β-unsaturated/α-hetero) is 1. The number of nitrogens with zero attached hydrogens (tertiary/aromatic N) is 4. The van der Waals surface area contributed by atoms with Gasteiger partial charge in [0.1, 0.15) is 0 Å². The summed E-state index contributed by atoms with van der Waals surface area (Å²) in [6.07, 6.45) is 0. The van der Waals surface area contributed by atoms with E-state index >= 15 is 0 Å². The van der Waals surface area contributed by atoms with Gasteiger partial charge in [0.2, 0.25) is 11.1 Å². The third kappa shape index (κ3) is 4.15. The predicted octanol–water partition coefficient (Wildman–Crippen LogP) is 2.98. The molecule has 1 heterocycles. The maximum Gasteiger partial charge on any atom is 0.237 e. The van der Waals surface area contributed by atoms with E-state index < -0.39 is 5.25 Å². The van der Waals surface area contributed by atoms with Crippen LogP contribution in [-0.2, 0) is 4.79 Å². The summed E-state index contributed by atoms with van der Waals surface area (Å²) in [5.74, 6) is -0.187. The first-order valence-electron chi connectivity index (χ1n) is 7.97. The van der Waals surface area contributed by atoms with Crippen LogP contribution in [0.25, 0.3) is 5.69 Å². The number of benzene rings is 2. The van der Waals surface area contributed by atoms with Gasteiger partial charge in [0, 0.05) is 11.3 Å². The average molecular weight is 367 g/mol. The highest BCUT2D eigenvalue weighted by Gasteiger charge is 2.19. The third-order valence-corrected chi connectivity index (χ3v) is 4.69. The van der Waals surface area contributed by atoms with E-state index in [4.69, 9.17) is 0 Å². The first kappa shape index (κ1) is 17.8. The SMILES string of the molecule is CC(=O)c1ccc(NC(=O)[C@@H](C)Sc2nnnn2-c2ccccc2)cc1. The number of ketones is 1. The third-order valence-electron chi connectivity index (χ3n) is 3.65. The van der Waals surface area contributed by atoms with Gasteiger partial charge >= 0.3 is 0 Å². The molecule has 0 aliphatic carbocycles. The van der Waals surface area contributed by atoms with Crippen molar-refractivity contribution in [3.63, 3.8) is 0 Å². The summed E-state index contributed by atoms with van der Waals surface area (Å²) in [6, 6.07) is 16.3. The molecule has 1 N–H and O–H groups in total. The van der Waals surface area contributed by atoms with Crippen molar-refractivity contribution < 1.29 is 9.59 Å². The van der Waals surface area contributed by atoms with Crippen molar-refractivity contribution in [1.29, 1.82) is 0 Å². The highest BCUT2D eigenvalue weighted by molar-refractivity contribution is 8.00. The van der Waals surface area contributed by atoms with Gasteiger partial charge in [0.05, 0.1) is 10.9 Å². The Kier molecular flexibility index (Phi) is 5.43. The number of hydrogen-bond donors (Lipinski definition) is 1. The van der Waals surface area contributed by atoms with Crippen LogP contribution in [0.1, 0.15) is 24.2 Å². The van der Waals surface area contributed by atoms with Crippen molar-refractivity contribution >= 4 is 29.1 Å². The Morgan fingerprint density at radius 1 is 1.08 bits per heavy atom. The molecular weight excluding hydrogens is 350 g/mol. The van der Waals surface area contributed by atoms with Gasteiger partial charge < -0.3 is 5.32 Å². The molecule has 0 fully saturated rings. The summed E-state index contributed by atoms with van der Waals surface area (Å²) < 4.78 is 1.59. The molecule has 1 atom stereocenters. The highest BCUT2D eigenvalue weighted by atomic mass is 32.2. The van der Waals surface area contributed by atoms with Gasteiger partial charge in [-0.3, -0.25) is 9.59 Å². The molecule has 0 aliphatic heterocycles. The van der Waals surface area contributed by atoms with Crippen LogP contribution in [0.4, 0.5) is 5.69 Å². The smallest absolute Gasteiger partial charge is 0.237 e. The number of thioether (sulfide) groups is 1. The van der Waals surface area contributed by atoms with Gasteiger partial charge in [-0.15, -0.1) is 5.10 Å². The van der Waals surface area contributed by atoms with E-state index in [9.17, 15) is 9.59 Å². The lowest BCUT2D eigenvalue weighted by Gasteiger charge is -2.12. The fourth-order valence-electron chi connectivity index (χ4n) is 2.23. The van der Waals surface area contributed by atoms with Crippen LogP contribution < -0.4 is 5.32 Å². The minimum absolute atomic E-state index is 0.0143. The summed E-state index contributed by atoms with van der Waals surface area (Å²) in [6.45, 7) is 3.29. The number of anilines is 1. The molecule has 2 aromatic carbocycles. The number of nitrogens with one attached hydrogen (secondary N) is 1. The number of aromatic nitrogens is 4. The standard InChI is InChI=1S/C18H17N5O2S/c1-12(24)14-8-10-15(11-9-14)19-17(25)13(2)26-18-20-21-22-23(18)16-6-4-3-5-7-16/h3-11,13H,1-2H3,(H,19,25)/t13-/m1/s1. The van der Waals surface area contributed by atoms with Crippen molar-refractivity contribution in [2.24, 2.45) is 0 Å². The van der Waals surface area contributed by atoms with Crippen LogP contribution in [0.5, 0.6) is 0 Å². The van der Waals surface area contributed by atoms with Gasteiger partial charge in [-0.2, -0.15) is 4.68 Å². The van der Waals surface area contributed by atoms with Crippen molar-refractivity contribution in [3.05, 3.63) is 60.2 Å². The molecule has 0 radical (unpaired) electrons. The lowest BCUT2D eigenvalue weighted by atomic mass is 10.1. The molecule has 8 heteroatoms. The summed E-state index contributed by atoms with van der Waals surface area (Å²) in [7, 11) is 0. The fraction of sp³-hybridized carbons (Fsp3) is 0.167. The number of para-hydroxylation sites is 1. The zero-order valence-corrected chi connectivity index (χ0v) is 15.1. The fourth-order valence-corrected chi connectivity index (χ4v) is 3.04. The molecule has 0 bridgehead atoms. The molecule has 0 saturated carbocycles. The lowest BCUT2D eigenvalue weighted by molar-refractivity contribution is -0.115. The average Bonchev–Trinajstić information content (AvgIpc) is 3.11. The van der Waals surface area contributed by atoms with Crippen LogP contribution in [0.15, 0.2) is 59.8 Å². The molecule has 0 saturated heterocycles. The zero-order valence-electron chi connectivity index (χ0n) is 14.3. The van der Waals surface area contributed by atoms with E-state index in [1.54, 1.807) is 35.9 Å². The number of hydrogen-bond acceptors (Lipinski definition) is 6. The molecule has 1 aromatic heterocycles. The zero-order chi connectivity index (χ0) is 18.5. The molecular formula is C18H17N5O2S. The maximum atomic E-state index is 12.4. The number of carbonyl (C=O) groups is 2. The lowest BCUT2D eigenvalue weighted by Crippen LogP contribution is -2.23. The second-order valence-corrected chi connectivity index (χ2v) is 6.90. The van der Waals surface area contributed by atoms with E-state index in [-0.39, 0.29) is 11.7 Å². The van der Waals surface area contributed by atoms with Gasteiger partial charge in [-0.25, -0.2) is 0 Å². The van der Waals surface area contributed by atoms with E-state index in [0.29, 0.717) is 16.4 Å². The maximum absolute atomic E-state index is 12.4. The van der Waals surface area contributed by atoms with Crippen molar-refractivity contribution in [2.45, 2.75) is 24.3 Å². The molecule has 0 unspecified atom stereocenters. The van der Waals surface area contributed by atoms with E-state index in [1.165, 1.54) is 18.7 Å². The normalized spacial score (nSPS) is 11.8. The van der Waals surface area contributed by atoms with E-state index in [0.717, 1.165) is 5.69 Å². The largest absolute Gasteiger partial charge is 0.325 e. The number of rotatable bonds is 6. The summed E-state index contributed by atoms with van der Waals surface area (Å²) >= 11 is 1.27. The van der Waals surface area contributed by atoms with E-state index in [1.807, 2.05) is 30.3 Å². The van der Waals surface area contributed by atoms with Crippen molar-refractivity contribution in [3.8, 4) is 5.69 Å². The molecule has 1 amide bonds. The Hall–Kier alpha value is -3.00. The Bertz CT molecular complexity index is 909. The molecule has 132 valence electrons. The van der Waals surface area contributed by atoms with Crippen LogP contribution >= 0.6 is 11.8 Å². The first-order valence-corrected chi connectivity index (χ1v) is 8.85. The first-order chi connectivity index (χ1) is 12.5. The molecule has 7 nitrogen and oxygen atoms in total. The second kappa shape index (κ2) is 7.92. The minimum Gasteiger partial charge on any atom is -0.325 e. The van der Waals surface area contributed by atoms with Crippen LogP contribution in [0.2, 0.25) is 0 Å². The highest BCUT2D eigenvalue weighted by Crippen LogP contribution is 2.23. The van der Waals surface area contributed by atoms with Gasteiger partial charge in [-0.05, 0) is 60.7 Å². The van der Waals surface area contributed by atoms with Crippen LogP contribution in [0.3, 0.4) is 0 Å². The van der Waals surface area contributed by atoms with Crippen molar-refractivity contribution in [2.75, 3.05) is 5.32 Å². The topological polar surface area (TPSA) is 89.8 Å². The second-order valence-electron chi connectivity index (χ2n) is 5.59. The minimum atomic E-state index is -0.407. The molecule has 3 aromatic rings. The monoisotopic (exact) mass is 367 g/mol. The number of amides is 1. The predicted molar refractivity (Wildman–Crippen MR) is 99.5 cm³/mol. The summed E-state index contributed by atoms with van der Waals surface area (Å²) in [5.41, 5.74) is 2.06. The van der Waals surface area contributed by atoms with Crippen molar-refractivity contribution in [1.82, 2.24) is 20.2 Å². The van der Waals surface area contributed by atoms with Crippen LogP contribution in [-0.4, -0.2) is 37.1 Å². The summed E-state index contributed by atoms with van der Waals surface area (Å²) in [5, 5.41) is 14.6. The molecule has 26 heavy (non-hydrogen) atoms. The quantitative estimate of drug-likeness (QED) is 0.532. The Morgan fingerprint density at radius 3 is 2.42 bits per heavy atom. The Labute approximate surface area is 154 Å². The molecule has 0 spiro atoms. The van der Waals surface area contributed by atoms with Gasteiger partial charge in [0.15, 0.2) is 5.78 Å². The number of tetrazole rings is 1. The summed E-state index contributed by atoms with van der Waals surface area (Å²) in [4.78, 5) is 23.7. The van der Waals surface area contributed by atoms with Gasteiger partial charge in [0.25, 0.3) is 0 Å².